The molecule has 0 fully saturated rings. The van der Waals surface area contributed by atoms with Gasteiger partial charge in [-0.25, -0.2) is 9.97 Å². The van der Waals surface area contributed by atoms with E-state index in [1.165, 1.54) is 16.4 Å². The SMILES string of the molecule is Cc1cccc(NC(=O)CSCC(=O)Nc2cc(C(C)(C)C)nn2-c2ncccn2)c1. The highest BCUT2D eigenvalue weighted by molar-refractivity contribution is 8.00. The van der Waals surface area contributed by atoms with Crippen LogP contribution in [0.2, 0.25) is 0 Å². The third-order valence-electron chi connectivity index (χ3n) is 4.26. The minimum absolute atomic E-state index is 0.132. The van der Waals surface area contributed by atoms with Crippen LogP contribution in [0, 0.1) is 6.92 Å². The van der Waals surface area contributed by atoms with Crippen LogP contribution in [-0.4, -0.2) is 43.1 Å². The molecule has 2 aromatic heterocycles. The summed E-state index contributed by atoms with van der Waals surface area (Å²) in [5.74, 6) is 0.791. The molecule has 0 saturated heterocycles. The number of nitrogens with one attached hydrogen (secondary N) is 2. The Kier molecular flexibility index (Phi) is 7.06. The van der Waals surface area contributed by atoms with Crippen molar-refractivity contribution in [2.24, 2.45) is 0 Å². The maximum absolute atomic E-state index is 12.5. The smallest absolute Gasteiger partial charge is 0.252 e. The van der Waals surface area contributed by atoms with E-state index in [4.69, 9.17) is 0 Å². The Morgan fingerprint density at radius 3 is 2.32 bits per heavy atom. The Balaban J connectivity index is 1.60. The summed E-state index contributed by atoms with van der Waals surface area (Å²) in [5, 5.41) is 10.3. The first kappa shape index (κ1) is 22.5. The summed E-state index contributed by atoms with van der Waals surface area (Å²) in [5.41, 5.74) is 2.41. The molecule has 2 amide bonds. The standard InChI is InChI=1S/C22H26N6O2S/c1-15-7-5-8-16(11-15)25-19(29)13-31-14-20(30)26-18-12-17(22(2,3)4)27-28(18)21-23-9-6-10-24-21/h5-12H,13-14H2,1-4H3,(H,25,29)(H,26,30). The summed E-state index contributed by atoms with van der Waals surface area (Å²) < 4.78 is 1.52. The number of hydrogen-bond acceptors (Lipinski definition) is 6. The second-order valence-electron chi connectivity index (χ2n) is 8.08. The number of aromatic nitrogens is 4. The van der Waals surface area contributed by atoms with Crippen LogP contribution < -0.4 is 10.6 Å². The molecular weight excluding hydrogens is 412 g/mol. The van der Waals surface area contributed by atoms with Crippen LogP contribution >= 0.6 is 11.8 Å². The first-order valence-electron chi connectivity index (χ1n) is 9.84. The third-order valence-corrected chi connectivity index (χ3v) is 5.19. The van der Waals surface area contributed by atoms with E-state index in [1.54, 1.807) is 18.5 Å². The summed E-state index contributed by atoms with van der Waals surface area (Å²) in [6.07, 6.45) is 3.24. The second-order valence-corrected chi connectivity index (χ2v) is 9.07. The third kappa shape index (κ3) is 6.39. The van der Waals surface area contributed by atoms with Gasteiger partial charge in [0, 0.05) is 29.6 Å². The maximum Gasteiger partial charge on any atom is 0.252 e. The Hall–Kier alpha value is -3.20. The predicted octanol–water partition coefficient (Wildman–Crippen LogP) is 3.58. The molecular formula is C22H26N6O2S. The number of amides is 2. The molecule has 0 aliphatic carbocycles. The topological polar surface area (TPSA) is 102 Å². The van der Waals surface area contributed by atoms with Gasteiger partial charge >= 0.3 is 0 Å². The lowest BCUT2D eigenvalue weighted by Crippen LogP contribution is -2.20. The van der Waals surface area contributed by atoms with Crippen LogP contribution in [0.4, 0.5) is 11.5 Å². The Bertz CT molecular complexity index is 1060. The number of benzene rings is 1. The van der Waals surface area contributed by atoms with Crippen LogP contribution in [-0.2, 0) is 15.0 Å². The Morgan fingerprint density at radius 1 is 1.00 bits per heavy atom. The van der Waals surface area contributed by atoms with Gasteiger partial charge in [-0.1, -0.05) is 32.9 Å². The first-order valence-corrected chi connectivity index (χ1v) is 11.0. The summed E-state index contributed by atoms with van der Waals surface area (Å²) in [6, 6.07) is 11.1. The van der Waals surface area contributed by atoms with E-state index < -0.39 is 0 Å². The number of aryl methyl sites for hydroxylation is 1. The lowest BCUT2D eigenvalue weighted by molar-refractivity contribution is -0.114. The zero-order chi connectivity index (χ0) is 22.4. The van der Waals surface area contributed by atoms with Gasteiger partial charge in [0.1, 0.15) is 5.82 Å². The lowest BCUT2D eigenvalue weighted by atomic mass is 9.92. The minimum atomic E-state index is -0.231. The number of hydrogen-bond donors (Lipinski definition) is 2. The number of carbonyl (C=O) groups excluding carboxylic acids is 2. The summed E-state index contributed by atoms with van der Waals surface area (Å²) in [6.45, 7) is 8.09. The van der Waals surface area contributed by atoms with Crippen LogP contribution in [0.3, 0.4) is 0 Å². The fraction of sp³-hybridized carbons (Fsp3) is 0.318. The highest BCUT2D eigenvalue weighted by Gasteiger charge is 2.22. The number of anilines is 2. The van der Waals surface area contributed by atoms with Crippen molar-refractivity contribution in [2.75, 3.05) is 22.1 Å². The van der Waals surface area contributed by atoms with Gasteiger partial charge in [-0.15, -0.1) is 11.8 Å². The highest BCUT2D eigenvalue weighted by atomic mass is 32.2. The Morgan fingerprint density at radius 2 is 1.68 bits per heavy atom. The lowest BCUT2D eigenvalue weighted by Gasteiger charge is -2.13. The van der Waals surface area contributed by atoms with E-state index in [9.17, 15) is 9.59 Å². The second kappa shape index (κ2) is 9.74. The highest BCUT2D eigenvalue weighted by Crippen LogP contribution is 2.25. The molecule has 31 heavy (non-hydrogen) atoms. The fourth-order valence-electron chi connectivity index (χ4n) is 2.72. The molecule has 3 aromatic rings. The van der Waals surface area contributed by atoms with Crippen molar-refractivity contribution < 1.29 is 9.59 Å². The molecule has 0 unspecified atom stereocenters. The molecule has 2 N–H and O–H groups in total. The molecule has 1 aromatic carbocycles. The number of rotatable bonds is 7. The number of nitrogens with zero attached hydrogens (tertiary/aromatic N) is 4. The molecule has 162 valence electrons. The van der Waals surface area contributed by atoms with Crippen molar-refractivity contribution in [2.45, 2.75) is 33.1 Å². The van der Waals surface area contributed by atoms with Gasteiger partial charge in [-0.05, 0) is 30.7 Å². The van der Waals surface area contributed by atoms with Gasteiger partial charge in [0.2, 0.25) is 11.8 Å². The molecule has 2 heterocycles. The zero-order valence-corrected chi connectivity index (χ0v) is 18.9. The number of thioether (sulfide) groups is 1. The Labute approximate surface area is 185 Å². The average molecular weight is 439 g/mol. The molecule has 0 spiro atoms. The number of carbonyl (C=O) groups is 2. The van der Waals surface area contributed by atoms with Crippen molar-refractivity contribution in [1.29, 1.82) is 0 Å². The van der Waals surface area contributed by atoms with Gasteiger partial charge < -0.3 is 10.6 Å². The molecule has 9 heteroatoms. The molecule has 8 nitrogen and oxygen atoms in total. The van der Waals surface area contributed by atoms with Crippen LogP contribution in [0.1, 0.15) is 32.0 Å². The fourth-order valence-corrected chi connectivity index (χ4v) is 3.34. The molecule has 0 aliphatic heterocycles. The molecule has 0 bridgehead atoms. The van der Waals surface area contributed by atoms with Gasteiger partial charge in [-0.2, -0.15) is 9.78 Å². The normalized spacial score (nSPS) is 11.2. The van der Waals surface area contributed by atoms with E-state index in [2.05, 4.69) is 25.7 Å². The largest absolute Gasteiger partial charge is 0.325 e. The van der Waals surface area contributed by atoms with Gasteiger partial charge in [0.05, 0.1) is 17.2 Å². The molecule has 0 saturated carbocycles. The van der Waals surface area contributed by atoms with Crippen molar-refractivity contribution in [3.63, 3.8) is 0 Å². The van der Waals surface area contributed by atoms with E-state index >= 15 is 0 Å². The molecule has 3 rings (SSSR count). The van der Waals surface area contributed by atoms with Crippen molar-refractivity contribution in [1.82, 2.24) is 19.7 Å². The minimum Gasteiger partial charge on any atom is -0.325 e. The van der Waals surface area contributed by atoms with Crippen molar-refractivity contribution in [3.8, 4) is 5.95 Å². The van der Waals surface area contributed by atoms with E-state index in [-0.39, 0.29) is 28.7 Å². The summed E-state index contributed by atoms with van der Waals surface area (Å²) >= 11 is 1.24. The van der Waals surface area contributed by atoms with E-state index in [1.807, 2.05) is 58.0 Å². The van der Waals surface area contributed by atoms with Gasteiger partial charge in [0.15, 0.2) is 0 Å². The van der Waals surface area contributed by atoms with Crippen LogP contribution in [0.15, 0.2) is 48.8 Å². The summed E-state index contributed by atoms with van der Waals surface area (Å²) in [4.78, 5) is 33.1. The van der Waals surface area contributed by atoms with Crippen molar-refractivity contribution >= 4 is 35.1 Å². The quantitative estimate of drug-likeness (QED) is 0.585. The predicted molar refractivity (Wildman–Crippen MR) is 124 cm³/mol. The van der Waals surface area contributed by atoms with Crippen LogP contribution in [0.25, 0.3) is 5.95 Å². The van der Waals surface area contributed by atoms with Gasteiger partial charge in [-0.3, -0.25) is 9.59 Å². The zero-order valence-electron chi connectivity index (χ0n) is 18.0. The van der Waals surface area contributed by atoms with Crippen molar-refractivity contribution in [3.05, 3.63) is 60.0 Å². The average Bonchev–Trinajstić information content (AvgIpc) is 3.13. The summed E-state index contributed by atoms with van der Waals surface area (Å²) in [7, 11) is 0. The first-order chi connectivity index (χ1) is 14.7. The van der Waals surface area contributed by atoms with E-state index in [0.29, 0.717) is 11.8 Å². The monoisotopic (exact) mass is 438 g/mol. The molecule has 0 radical (unpaired) electrons. The maximum atomic E-state index is 12.5. The van der Waals surface area contributed by atoms with Gasteiger partial charge in [0.25, 0.3) is 5.95 Å². The van der Waals surface area contributed by atoms with E-state index in [0.717, 1.165) is 16.9 Å². The molecule has 0 atom stereocenters. The van der Waals surface area contributed by atoms with Crippen LogP contribution in [0.5, 0.6) is 0 Å². The molecule has 0 aliphatic rings.